The van der Waals surface area contributed by atoms with Gasteiger partial charge in [0, 0.05) is 22.2 Å². The molecule has 0 atom stereocenters. The van der Waals surface area contributed by atoms with E-state index in [1.165, 1.54) is 24.3 Å². The fourth-order valence-electron chi connectivity index (χ4n) is 1.93. The summed E-state index contributed by atoms with van der Waals surface area (Å²) in [5.74, 6) is 6.02. The first kappa shape index (κ1) is 18.0. The Morgan fingerprint density at radius 3 is 2.25 bits per heavy atom. The SMILES string of the molecule is CCOc1ccc(C#C/C(=C\C(F)(F)F)c2ccc(Cl)cc2)cc1. The lowest BCUT2D eigenvalue weighted by molar-refractivity contribution is -0.0792. The van der Waals surface area contributed by atoms with E-state index in [0.29, 0.717) is 28.5 Å². The number of allylic oxidation sites excluding steroid dienone is 2. The normalized spacial score (nSPS) is 11.6. The third kappa shape index (κ3) is 5.68. The molecule has 0 aliphatic heterocycles. The van der Waals surface area contributed by atoms with E-state index in [1.54, 1.807) is 24.3 Å². The van der Waals surface area contributed by atoms with E-state index in [1.807, 2.05) is 6.92 Å². The molecule has 124 valence electrons. The van der Waals surface area contributed by atoms with Gasteiger partial charge in [-0.25, -0.2) is 0 Å². The smallest absolute Gasteiger partial charge is 0.410 e. The van der Waals surface area contributed by atoms with Crippen molar-refractivity contribution in [1.82, 2.24) is 0 Å². The van der Waals surface area contributed by atoms with E-state index in [2.05, 4.69) is 11.8 Å². The van der Waals surface area contributed by atoms with Crippen molar-refractivity contribution >= 4 is 17.2 Å². The molecule has 0 N–H and O–H groups in total. The van der Waals surface area contributed by atoms with E-state index >= 15 is 0 Å². The highest BCUT2D eigenvalue weighted by Crippen LogP contribution is 2.25. The Bertz CT molecular complexity index is 763. The summed E-state index contributed by atoms with van der Waals surface area (Å²) in [6, 6.07) is 12.9. The molecule has 24 heavy (non-hydrogen) atoms. The minimum Gasteiger partial charge on any atom is -0.494 e. The number of hydrogen-bond acceptors (Lipinski definition) is 1. The molecule has 0 unspecified atom stereocenters. The number of ether oxygens (including phenoxy) is 1. The van der Waals surface area contributed by atoms with Crippen molar-refractivity contribution < 1.29 is 17.9 Å². The monoisotopic (exact) mass is 350 g/mol. The summed E-state index contributed by atoms with van der Waals surface area (Å²) >= 11 is 5.77. The van der Waals surface area contributed by atoms with E-state index in [0.717, 1.165) is 0 Å². The van der Waals surface area contributed by atoms with Crippen molar-refractivity contribution in [1.29, 1.82) is 0 Å². The van der Waals surface area contributed by atoms with Crippen molar-refractivity contribution in [3.63, 3.8) is 0 Å². The van der Waals surface area contributed by atoms with Crippen molar-refractivity contribution in [2.75, 3.05) is 6.61 Å². The summed E-state index contributed by atoms with van der Waals surface area (Å²) in [7, 11) is 0. The molecule has 0 aliphatic rings. The van der Waals surface area contributed by atoms with Crippen LogP contribution in [0.3, 0.4) is 0 Å². The van der Waals surface area contributed by atoms with E-state index in [-0.39, 0.29) is 11.6 Å². The largest absolute Gasteiger partial charge is 0.494 e. The summed E-state index contributed by atoms with van der Waals surface area (Å²) in [5.41, 5.74) is 0.837. The van der Waals surface area contributed by atoms with Crippen molar-refractivity contribution in [2.24, 2.45) is 0 Å². The fraction of sp³-hybridized carbons (Fsp3) is 0.158. The minimum atomic E-state index is -4.46. The van der Waals surface area contributed by atoms with Gasteiger partial charge in [-0.1, -0.05) is 35.6 Å². The highest BCUT2D eigenvalue weighted by atomic mass is 35.5. The van der Waals surface area contributed by atoms with Crippen LogP contribution in [0.5, 0.6) is 5.75 Å². The molecule has 2 aromatic carbocycles. The van der Waals surface area contributed by atoms with Gasteiger partial charge in [0.1, 0.15) is 5.75 Å². The molecular weight excluding hydrogens is 337 g/mol. The molecule has 5 heteroatoms. The molecule has 0 saturated heterocycles. The zero-order valence-corrected chi connectivity index (χ0v) is 13.6. The molecule has 0 spiro atoms. The Kier molecular flexibility index (Phi) is 5.94. The maximum atomic E-state index is 12.7. The zero-order chi connectivity index (χ0) is 17.6. The molecule has 0 heterocycles. The topological polar surface area (TPSA) is 9.23 Å². The quantitative estimate of drug-likeness (QED) is 0.642. The zero-order valence-electron chi connectivity index (χ0n) is 12.8. The summed E-state index contributed by atoms with van der Waals surface area (Å²) in [6.07, 6.45) is -4.26. The van der Waals surface area contributed by atoms with Gasteiger partial charge >= 0.3 is 6.18 Å². The van der Waals surface area contributed by atoms with Gasteiger partial charge < -0.3 is 4.74 Å². The van der Waals surface area contributed by atoms with Gasteiger partial charge in [0.15, 0.2) is 0 Å². The molecule has 0 aliphatic carbocycles. The van der Waals surface area contributed by atoms with Crippen LogP contribution in [-0.2, 0) is 0 Å². The number of hydrogen-bond donors (Lipinski definition) is 0. The van der Waals surface area contributed by atoms with E-state index in [4.69, 9.17) is 16.3 Å². The first-order valence-electron chi connectivity index (χ1n) is 7.18. The molecule has 0 bridgehead atoms. The van der Waals surface area contributed by atoms with Crippen LogP contribution in [-0.4, -0.2) is 12.8 Å². The van der Waals surface area contributed by atoms with Crippen LogP contribution in [0.25, 0.3) is 5.57 Å². The Hall–Kier alpha value is -2.38. The predicted molar refractivity (Wildman–Crippen MR) is 90.0 cm³/mol. The summed E-state index contributed by atoms with van der Waals surface area (Å²) < 4.78 is 43.6. The van der Waals surface area contributed by atoms with Gasteiger partial charge in [0.25, 0.3) is 0 Å². The number of benzene rings is 2. The Balaban J connectivity index is 2.33. The number of halogens is 4. The van der Waals surface area contributed by atoms with E-state index in [9.17, 15) is 13.2 Å². The maximum absolute atomic E-state index is 12.7. The van der Waals surface area contributed by atoms with Gasteiger partial charge in [-0.15, -0.1) is 0 Å². The van der Waals surface area contributed by atoms with Gasteiger partial charge in [-0.05, 0) is 48.9 Å². The Morgan fingerprint density at radius 2 is 1.71 bits per heavy atom. The number of alkyl halides is 3. The second-order valence-electron chi connectivity index (χ2n) is 4.81. The highest BCUT2D eigenvalue weighted by Gasteiger charge is 2.24. The van der Waals surface area contributed by atoms with Crippen LogP contribution in [0.2, 0.25) is 5.02 Å². The third-order valence-corrected chi connectivity index (χ3v) is 3.22. The standard InChI is InChI=1S/C19H14ClF3O/c1-2-24-18-11-4-14(5-12-18)3-6-16(13-19(21,22)23)15-7-9-17(20)10-8-15/h4-5,7-13H,2H2,1H3/b16-13+. The lowest BCUT2D eigenvalue weighted by Crippen LogP contribution is -2.02. The lowest BCUT2D eigenvalue weighted by Gasteiger charge is -2.04. The lowest BCUT2D eigenvalue weighted by atomic mass is 10.1. The molecule has 2 rings (SSSR count). The molecule has 2 aromatic rings. The molecular formula is C19H14ClF3O. The fourth-order valence-corrected chi connectivity index (χ4v) is 2.05. The molecule has 1 nitrogen and oxygen atoms in total. The molecule has 0 fully saturated rings. The van der Waals surface area contributed by atoms with Gasteiger partial charge in [0.2, 0.25) is 0 Å². The van der Waals surface area contributed by atoms with E-state index < -0.39 is 6.18 Å². The summed E-state index contributed by atoms with van der Waals surface area (Å²) in [4.78, 5) is 0. The highest BCUT2D eigenvalue weighted by molar-refractivity contribution is 6.30. The van der Waals surface area contributed by atoms with Crippen LogP contribution >= 0.6 is 11.6 Å². The Labute approximate surface area is 143 Å². The second-order valence-corrected chi connectivity index (χ2v) is 5.25. The van der Waals surface area contributed by atoms with Gasteiger partial charge in [0.05, 0.1) is 6.61 Å². The minimum absolute atomic E-state index is 0.118. The maximum Gasteiger partial charge on any atom is 0.410 e. The van der Waals surface area contributed by atoms with Crippen molar-refractivity contribution in [2.45, 2.75) is 13.1 Å². The van der Waals surface area contributed by atoms with Crippen LogP contribution < -0.4 is 4.74 Å². The average molecular weight is 351 g/mol. The molecule has 0 radical (unpaired) electrons. The first-order valence-corrected chi connectivity index (χ1v) is 7.55. The van der Waals surface area contributed by atoms with Crippen LogP contribution in [0.15, 0.2) is 54.6 Å². The average Bonchev–Trinajstić information content (AvgIpc) is 2.53. The molecule has 0 aromatic heterocycles. The predicted octanol–water partition coefficient (Wildman–Crippen LogP) is 5.74. The number of rotatable bonds is 3. The Morgan fingerprint density at radius 1 is 1.08 bits per heavy atom. The van der Waals surface area contributed by atoms with Crippen LogP contribution in [0.4, 0.5) is 13.2 Å². The van der Waals surface area contributed by atoms with Crippen LogP contribution in [0, 0.1) is 11.8 Å². The second kappa shape index (κ2) is 7.94. The van der Waals surface area contributed by atoms with Crippen LogP contribution in [0.1, 0.15) is 18.1 Å². The first-order chi connectivity index (χ1) is 11.4. The molecule has 0 amide bonds. The third-order valence-electron chi connectivity index (χ3n) is 2.97. The summed E-state index contributed by atoms with van der Waals surface area (Å²) in [5, 5.41) is 0.449. The summed E-state index contributed by atoms with van der Waals surface area (Å²) in [6.45, 7) is 2.41. The van der Waals surface area contributed by atoms with Crippen molar-refractivity contribution in [3.8, 4) is 17.6 Å². The van der Waals surface area contributed by atoms with Gasteiger partial charge in [-0.2, -0.15) is 13.2 Å². The van der Waals surface area contributed by atoms with Gasteiger partial charge in [-0.3, -0.25) is 0 Å². The van der Waals surface area contributed by atoms with Crippen molar-refractivity contribution in [3.05, 3.63) is 70.8 Å². The molecule has 0 saturated carbocycles.